The van der Waals surface area contributed by atoms with Crippen molar-refractivity contribution in [3.05, 3.63) is 117 Å². The van der Waals surface area contributed by atoms with Gasteiger partial charge in [-0.15, -0.1) is 0 Å². The molecule has 42 heavy (non-hydrogen) atoms. The van der Waals surface area contributed by atoms with E-state index in [9.17, 15) is 24.5 Å². The lowest BCUT2D eigenvalue weighted by atomic mass is 9.89. The van der Waals surface area contributed by atoms with Gasteiger partial charge >= 0.3 is 5.97 Å². The number of nitrogens with zero attached hydrogens (tertiary/aromatic N) is 3. The molecule has 0 unspecified atom stereocenters. The molecule has 0 saturated carbocycles. The summed E-state index contributed by atoms with van der Waals surface area (Å²) in [5.74, 6) is -2.95. The van der Waals surface area contributed by atoms with Crippen molar-refractivity contribution < 1.29 is 24.2 Å². The summed E-state index contributed by atoms with van der Waals surface area (Å²) in [4.78, 5) is 52.0. The van der Waals surface area contributed by atoms with Gasteiger partial charge in [-0.2, -0.15) is 0 Å². The van der Waals surface area contributed by atoms with Crippen LogP contribution in [0.4, 0.5) is 0 Å². The van der Waals surface area contributed by atoms with E-state index in [1.54, 1.807) is 24.3 Å². The summed E-state index contributed by atoms with van der Waals surface area (Å²) in [5, 5.41) is 15.0. The second-order valence-electron chi connectivity index (χ2n) is 9.45. The number of amides is 2. The molecule has 3 aromatic rings. The van der Waals surface area contributed by atoms with E-state index in [2.05, 4.69) is 10.4 Å². The first kappa shape index (κ1) is 31.4. The van der Waals surface area contributed by atoms with E-state index in [0.29, 0.717) is 12.0 Å². The molecule has 0 aliphatic heterocycles. The molecule has 1 atom stereocenters. The first-order valence-corrected chi connectivity index (χ1v) is 13.3. The number of benzene rings is 3. The standard InChI is InChI=1S/C30H34N6O6/c1-42-26(37)19-21-14-16-22(17-15-21)20-35(25(13-8-18-31)28(38)33-30(32)34-36(40)41)29(39)27(23-9-4-2-5-10-23)24-11-6-3-7-12-24/h2-7,9-12,14-17,25,27H,8,13,18-20,31H2,1H3,(H3,32,33,34,38)/t25-/m0/s1. The lowest BCUT2D eigenvalue weighted by Crippen LogP contribution is -2.53. The number of nitrogens with two attached hydrogens (primary N) is 2. The molecule has 0 radical (unpaired) electrons. The molecule has 220 valence electrons. The van der Waals surface area contributed by atoms with Crippen molar-refractivity contribution in [2.75, 3.05) is 13.7 Å². The van der Waals surface area contributed by atoms with Crippen LogP contribution >= 0.6 is 0 Å². The molecule has 2 amide bonds. The van der Waals surface area contributed by atoms with Crippen LogP contribution in [0, 0.1) is 10.1 Å². The molecule has 3 aromatic carbocycles. The fourth-order valence-electron chi connectivity index (χ4n) is 4.54. The Labute approximate surface area is 243 Å². The Morgan fingerprint density at radius 1 is 0.952 bits per heavy atom. The first-order chi connectivity index (χ1) is 20.2. The van der Waals surface area contributed by atoms with Gasteiger partial charge in [0.05, 0.1) is 19.4 Å². The number of nitro groups is 1. The number of hydrogen-bond acceptors (Lipinski definition) is 7. The van der Waals surface area contributed by atoms with Gasteiger partial charge in [0.25, 0.3) is 5.96 Å². The maximum atomic E-state index is 14.6. The summed E-state index contributed by atoms with van der Waals surface area (Å²) in [5.41, 5.74) is 14.2. The van der Waals surface area contributed by atoms with Gasteiger partial charge in [0.15, 0.2) is 5.03 Å². The van der Waals surface area contributed by atoms with Crippen LogP contribution in [0.2, 0.25) is 0 Å². The number of ether oxygens (including phenoxy) is 1. The molecule has 0 fully saturated rings. The van der Waals surface area contributed by atoms with Gasteiger partial charge in [-0.25, -0.2) is 10.1 Å². The number of nitrogens with one attached hydrogen (secondary N) is 1. The third-order valence-electron chi connectivity index (χ3n) is 6.55. The van der Waals surface area contributed by atoms with E-state index in [4.69, 9.17) is 16.2 Å². The molecule has 0 bridgehead atoms. The van der Waals surface area contributed by atoms with Crippen molar-refractivity contribution >= 4 is 23.7 Å². The summed E-state index contributed by atoms with van der Waals surface area (Å²) >= 11 is 0. The van der Waals surface area contributed by atoms with Gasteiger partial charge in [0.1, 0.15) is 11.1 Å². The molecule has 0 aromatic heterocycles. The van der Waals surface area contributed by atoms with Gasteiger partial charge in [0.2, 0.25) is 11.8 Å². The van der Waals surface area contributed by atoms with E-state index in [0.717, 1.165) is 16.7 Å². The van der Waals surface area contributed by atoms with Crippen LogP contribution in [0.1, 0.15) is 41.0 Å². The molecule has 12 heteroatoms. The number of carbonyl (C=O) groups excluding carboxylic acids is 3. The number of guanidine groups is 1. The van der Waals surface area contributed by atoms with Gasteiger partial charge < -0.3 is 21.1 Å². The molecule has 0 heterocycles. The zero-order chi connectivity index (χ0) is 30.5. The smallest absolute Gasteiger partial charge is 0.309 e. The number of hydrogen-bond donors (Lipinski definition) is 3. The maximum absolute atomic E-state index is 14.6. The predicted molar refractivity (Wildman–Crippen MR) is 156 cm³/mol. The van der Waals surface area contributed by atoms with Gasteiger partial charge in [-0.1, -0.05) is 84.9 Å². The van der Waals surface area contributed by atoms with Crippen LogP contribution in [0.25, 0.3) is 0 Å². The van der Waals surface area contributed by atoms with Crippen LogP contribution in [0.3, 0.4) is 0 Å². The van der Waals surface area contributed by atoms with E-state index in [1.165, 1.54) is 12.0 Å². The maximum Gasteiger partial charge on any atom is 0.309 e. The van der Waals surface area contributed by atoms with Crippen molar-refractivity contribution in [2.24, 2.45) is 16.6 Å². The van der Waals surface area contributed by atoms with Crippen molar-refractivity contribution in [2.45, 2.75) is 37.8 Å². The minimum Gasteiger partial charge on any atom is -0.469 e. The monoisotopic (exact) mass is 574 g/mol. The van der Waals surface area contributed by atoms with Crippen LogP contribution in [-0.2, 0) is 32.1 Å². The van der Waals surface area contributed by atoms with Crippen molar-refractivity contribution in [3.63, 3.8) is 0 Å². The van der Waals surface area contributed by atoms with Crippen molar-refractivity contribution in [1.82, 2.24) is 10.2 Å². The Kier molecular flexibility index (Phi) is 11.7. The third-order valence-corrected chi connectivity index (χ3v) is 6.55. The molecule has 3 rings (SSSR count). The van der Waals surface area contributed by atoms with Crippen LogP contribution in [0.15, 0.2) is 90.0 Å². The van der Waals surface area contributed by atoms with E-state index in [-0.39, 0.29) is 37.8 Å². The molecule has 0 spiro atoms. The Balaban J connectivity index is 2.08. The number of carbonyl (C=O) groups is 3. The fourth-order valence-corrected chi connectivity index (χ4v) is 4.54. The largest absolute Gasteiger partial charge is 0.469 e. The Bertz CT molecular complexity index is 1340. The fraction of sp³-hybridized carbons (Fsp3) is 0.267. The number of rotatable bonds is 13. The normalized spacial score (nSPS) is 11.9. The molecule has 0 saturated heterocycles. The Hall–Kier alpha value is -5.10. The molecule has 0 aliphatic carbocycles. The molecular weight excluding hydrogens is 540 g/mol. The Morgan fingerprint density at radius 2 is 1.50 bits per heavy atom. The molecular formula is C30H34N6O6. The average molecular weight is 575 g/mol. The lowest BCUT2D eigenvalue weighted by Gasteiger charge is -2.34. The highest BCUT2D eigenvalue weighted by Gasteiger charge is 2.35. The third kappa shape index (κ3) is 8.96. The van der Waals surface area contributed by atoms with Crippen LogP contribution < -0.4 is 16.8 Å². The van der Waals surface area contributed by atoms with E-state index in [1.807, 2.05) is 60.7 Å². The highest BCUT2D eigenvalue weighted by Crippen LogP contribution is 2.29. The second-order valence-corrected chi connectivity index (χ2v) is 9.45. The lowest BCUT2D eigenvalue weighted by molar-refractivity contribution is -0.485. The zero-order valence-corrected chi connectivity index (χ0v) is 23.2. The molecule has 12 nitrogen and oxygen atoms in total. The minimum absolute atomic E-state index is 0.0163. The zero-order valence-electron chi connectivity index (χ0n) is 23.2. The Morgan fingerprint density at radius 3 is 2.00 bits per heavy atom. The predicted octanol–water partition coefficient (Wildman–Crippen LogP) is 2.29. The van der Waals surface area contributed by atoms with Gasteiger partial charge in [0, 0.05) is 6.54 Å². The van der Waals surface area contributed by atoms with Crippen LogP contribution in [-0.4, -0.2) is 53.4 Å². The summed E-state index contributed by atoms with van der Waals surface area (Å²) in [7, 11) is 1.31. The highest BCUT2D eigenvalue weighted by molar-refractivity contribution is 6.00. The number of esters is 1. The van der Waals surface area contributed by atoms with Gasteiger partial charge in [-0.05, 0) is 41.6 Å². The van der Waals surface area contributed by atoms with Gasteiger partial charge in [-0.3, -0.25) is 19.7 Å². The summed E-state index contributed by atoms with van der Waals surface area (Å²) in [6.07, 6.45) is 0.629. The van der Waals surface area contributed by atoms with Crippen molar-refractivity contribution in [1.29, 1.82) is 0 Å². The SMILES string of the molecule is COC(=O)Cc1ccc(CN(C(=O)C(c2ccccc2)c2ccccc2)[C@@H](CCCN)C(=O)NC(N)=N[N+](=O)[O-])cc1. The molecule has 5 N–H and O–H groups in total. The second kappa shape index (κ2) is 15.6. The number of methoxy groups -OCH3 is 1. The minimum atomic E-state index is -1.09. The van der Waals surface area contributed by atoms with Crippen molar-refractivity contribution in [3.8, 4) is 0 Å². The summed E-state index contributed by atoms with van der Waals surface area (Å²) in [6.45, 7) is 0.260. The quantitative estimate of drug-likeness (QED) is 0.0913. The summed E-state index contributed by atoms with van der Waals surface area (Å²) in [6, 6.07) is 24.3. The topological polar surface area (TPSA) is 183 Å². The number of hydrazone groups is 1. The van der Waals surface area contributed by atoms with E-state index >= 15 is 0 Å². The average Bonchev–Trinajstić information content (AvgIpc) is 2.98. The van der Waals surface area contributed by atoms with E-state index < -0.39 is 28.9 Å². The first-order valence-electron chi connectivity index (χ1n) is 13.3. The summed E-state index contributed by atoms with van der Waals surface area (Å²) < 4.78 is 4.73. The van der Waals surface area contributed by atoms with Crippen LogP contribution in [0.5, 0.6) is 0 Å². The molecule has 0 aliphatic rings. The highest BCUT2D eigenvalue weighted by atomic mass is 16.7.